The second-order valence-corrected chi connectivity index (χ2v) is 7.21. The third-order valence-corrected chi connectivity index (χ3v) is 5.24. The van der Waals surface area contributed by atoms with E-state index >= 15 is 0 Å². The van der Waals surface area contributed by atoms with Crippen LogP contribution in [0.5, 0.6) is 0 Å². The fourth-order valence-corrected chi connectivity index (χ4v) is 3.77. The third-order valence-electron chi connectivity index (χ3n) is 5.24. The van der Waals surface area contributed by atoms with E-state index in [0.717, 1.165) is 43.0 Å². The molecule has 1 aromatic carbocycles. The van der Waals surface area contributed by atoms with Gasteiger partial charge in [0, 0.05) is 36.6 Å². The van der Waals surface area contributed by atoms with Crippen molar-refractivity contribution in [3.8, 4) is 0 Å². The number of H-pyrrole nitrogens is 1. The lowest BCUT2D eigenvalue weighted by atomic mass is 10.1. The van der Waals surface area contributed by atoms with E-state index in [0.29, 0.717) is 6.42 Å². The number of hydrogen-bond acceptors (Lipinski definition) is 3. The first-order valence-corrected chi connectivity index (χ1v) is 9.85. The number of aromatic amines is 1. The van der Waals surface area contributed by atoms with Crippen molar-refractivity contribution in [3.05, 3.63) is 54.4 Å². The average molecular weight is 362 g/mol. The maximum absolute atomic E-state index is 12.2. The molecule has 0 atom stereocenters. The molecule has 1 aliphatic rings. The van der Waals surface area contributed by atoms with Crippen molar-refractivity contribution in [1.29, 1.82) is 0 Å². The lowest BCUT2D eigenvalue weighted by Crippen LogP contribution is -2.30. The minimum Gasteiger partial charge on any atom is -0.361 e. The lowest BCUT2D eigenvalue weighted by molar-refractivity contribution is -0.116. The number of fused-ring (bicyclic) bond motifs is 1. The van der Waals surface area contributed by atoms with Gasteiger partial charge in [0.2, 0.25) is 5.91 Å². The Kier molecular flexibility index (Phi) is 5.37. The van der Waals surface area contributed by atoms with E-state index in [1.54, 1.807) is 6.20 Å². The number of piperidine rings is 1. The Morgan fingerprint density at radius 1 is 1.11 bits per heavy atom. The maximum atomic E-state index is 12.2. The summed E-state index contributed by atoms with van der Waals surface area (Å²) in [5.41, 5.74) is 3.19. The summed E-state index contributed by atoms with van der Waals surface area (Å²) in [6, 6.07) is 12.2. The summed E-state index contributed by atoms with van der Waals surface area (Å²) in [6.45, 7) is 2.15. The van der Waals surface area contributed by atoms with E-state index in [4.69, 9.17) is 0 Å². The highest BCUT2D eigenvalue weighted by molar-refractivity contribution is 5.90. The zero-order chi connectivity index (χ0) is 18.5. The fourth-order valence-electron chi connectivity index (χ4n) is 3.77. The number of aryl methyl sites for hydroxylation is 1. The summed E-state index contributed by atoms with van der Waals surface area (Å²) >= 11 is 0. The zero-order valence-electron chi connectivity index (χ0n) is 15.6. The molecule has 2 N–H and O–H groups in total. The molecule has 3 heterocycles. The van der Waals surface area contributed by atoms with Crippen molar-refractivity contribution in [2.45, 2.75) is 38.5 Å². The molecule has 2 aromatic heterocycles. The van der Waals surface area contributed by atoms with Crippen LogP contribution in [-0.4, -0.2) is 29.0 Å². The second kappa shape index (κ2) is 8.25. The summed E-state index contributed by atoms with van der Waals surface area (Å²) in [5.74, 6) is 1.05. The highest BCUT2D eigenvalue weighted by Crippen LogP contribution is 2.21. The number of para-hydroxylation sites is 1. The van der Waals surface area contributed by atoms with E-state index in [-0.39, 0.29) is 5.91 Å². The van der Waals surface area contributed by atoms with Gasteiger partial charge in [0.05, 0.1) is 11.9 Å². The van der Waals surface area contributed by atoms with Gasteiger partial charge in [0.25, 0.3) is 0 Å². The smallest absolute Gasteiger partial charge is 0.224 e. The largest absolute Gasteiger partial charge is 0.361 e. The van der Waals surface area contributed by atoms with Crippen LogP contribution >= 0.6 is 0 Å². The van der Waals surface area contributed by atoms with E-state index in [9.17, 15) is 4.79 Å². The number of anilines is 2. The van der Waals surface area contributed by atoms with Crippen LogP contribution < -0.4 is 10.2 Å². The van der Waals surface area contributed by atoms with E-state index in [2.05, 4.69) is 32.3 Å². The fraction of sp³-hybridized carbons (Fsp3) is 0.364. The molecule has 140 valence electrons. The average Bonchev–Trinajstić information content (AvgIpc) is 3.12. The van der Waals surface area contributed by atoms with Gasteiger partial charge >= 0.3 is 0 Å². The molecule has 5 heteroatoms. The first kappa shape index (κ1) is 17.6. The van der Waals surface area contributed by atoms with Crippen LogP contribution in [0.1, 0.15) is 37.7 Å². The molecule has 27 heavy (non-hydrogen) atoms. The summed E-state index contributed by atoms with van der Waals surface area (Å²) < 4.78 is 0. The minimum atomic E-state index is 0.0439. The first-order chi connectivity index (χ1) is 13.3. The molecule has 1 amide bonds. The van der Waals surface area contributed by atoms with Gasteiger partial charge in [-0.2, -0.15) is 0 Å². The molecule has 1 aliphatic heterocycles. The number of rotatable bonds is 6. The third kappa shape index (κ3) is 4.30. The normalized spacial score (nSPS) is 14.4. The highest BCUT2D eigenvalue weighted by atomic mass is 16.1. The molecule has 1 fully saturated rings. The molecule has 0 radical (unpaired) electrons. The molecule has 4 rings (SSSR count). The molecule has 0 aliphatic carbocycles. The Hall–Kier alpha value is -2.82. The number of carbonyl (C=O) groups excluding carboxylic acids is 1. The first-order valence-electron chi connectivity index (χ1n) is 9.85. The van der Waals surface area contributed by atoms with Crippen molar-refractivity contribution in [2.24, 2.45) is 0 Å². The molecule has 0 saturated carbocycles. The van der Waals surface area contributed by atoms with Crippen LogP contribution in [-0.2, 0) is 11.2 Å². The van der Waals surface area contributed by atoms with Gasteiger partial charge in [-0.3, -0.25) is 4.79 Å². The quantitative estimate of drug-likeness (QED) is 0.678. The van der Waals surface area contributed by atoms with Crippen LogP contribution in [0.4, 0.5) is 11.5 Å². The van der Waals surface area contributed by atoms with Gasteiger partial charge < -0.3 is 15.2 Å². The minimum absolute atomic E-state index is 0.0439. The molecule has 0 bridgehead atoms. The van der Waals surface area contributed by atoms with Gasteiger partial charge in [0.1, 0.15) is 5.82 Å². The van der Waals surface area contributed by atoms with Crippen LogP contribution in [0.3, 0.4) is 0 Å². The zero-order valence-corrected chi connectivity index (χ0v) is 15.6. The van der Waals surface area contributed by atoms with E-state index in [1.165, 1.54) is 30.2 Å². The Morgan fingerprint density at radius 2 is 1.96 bits per heavy atom. The number of amides is 1. The molecule has 0 unspecified atom stereocenters. The number of pyridine rings is 1. The van der Waals surface area contributed by atoms with Gasteiger partial charge in [-0.15, -0.1) is 0 Å². The molecule has 5 nitrogen and oxygen atoms in total. The topological polar surface area (TPSA) is 61.0 Å². The van der Waals surface area contributed by atoms with Gasteiger partial charge in [-0.05, 0) is 55.9 Å². The van der Waals surface area contributed by atoms with Gasteiger partial charge in [-0.1, -0.05) is 18.2 Å². The van der Waals surface area contributed by atoms with Crippen LogP contribution in [0.2, 0.25) is 0 Å². The predicted molar refractivity (Wildman–Crippen MR) is 110 cm³/mol. The Labute approximate surface area is 159 Å². The molecule has 1 saturated heterocycles. The Balaban J connectivity index is 1.26. The summed E-state index contributed by atoms with van der Waals surface area (Å²) in [7, 11) is 0. The van der Waals surface area contributed by atoms with Crippen molar-refractivity contribution >= 4 is 28.3 Å². The Bertz CT molecular complexity index is 894. The van der Waals surface area contributed by atoms with Crippen LogP contribution in [0, 0.1) is 0 Å². The summed E-state index contributed by atoms with van der Waals surface area (Å²) in [4.78, 5) is 22.4. The lowest BCUT2D eigenvalue weighted by Gasteiger charge is -2.27. The number of carbonyl (C=O) groups is 1. The maximum Gasteiger partial charge on any atom is 0.224 e. The van der Waals surface area contributed by atoms with Crippen molar-refractivity contribution in [1.82, 2.24) is 9.97 Å². The number of nitrogens with zero attached hydrogens (tertiary/aromatic N) is 2. The van der Waals surface area contributed by atoms with Gasteiger partial charge in [-0.25, -0.2) is 4.98 Å². The van der Waals surface area contributed by atoms with Crippen molar-refractivity contribution < 1.29 is 4.79 Å². The number of aromatic nitrogens is 2. The van der Waals surface area contributed by atoms with Gasteiger partial charge in [0.15, 0.2) is 0 Å². The molecule has 3 aromatic rings. The van der Waals surface area contributed by atoms with Crippen molar-refractivity contribution in [3.63, 3.8) is 0 Å². The van der Waals surface area contributed by atoms with Crippen LogP contribution in [0.15, 0.2) is 48.8 Å². The van der Waals surface area contributed by atoms with E-state index < -0.39 is 0 Å². The highest BCUT2D eigenvalue weighted by Gasteiger charge is 2.12. The van der Waals surface area contributed by atoms with Crippen molar-refractivity contribution in [2.75, 3.05) is 23.3 Å². The number of nitrogens with one attached hydrogen (secondary N) is 2. The molecular weight excluding hydrogens is 336 g/mol. The second-order valence-electron chi connectivity index (χ2n) is 7.21. The number of hydrogen-bond donors (Lipinski definition) is 2. The SMILES string of the molecule is O=C(CCCc1c[nH]c2ccccc12)Nc1ccc(N2CCCCC2)nc1. The summed E-state index contributed by atoms with van der Waals surface area (Å²) in [5, 5.41) is 4.21. The summed E-state index contributed by atoms with van der Waals surface area (Å²) in [6.07, 6.45) is 9.81. The van der Waals surface area contributed by atoms with E-state index in [1.807, 2.05) is 30.5 Å². The monoisotopic (exact) mass is 362 g/mol. The Morgan fingerprint density at radius 3 is 2.78 bits per heavy atom. The predicted octanol–water partition coefficient (Wildman–Crippen LogP) is 4.51. The van der Waals surface area contributed by atoms with Crippen LogP contribution in [0.25, 0.3) is 10.9 Å². The standard InChI is InChI=1S/C22H26N4O/c27-22(10-6-7-17-15-23-20-9-3-2-8-19(17)20)25-18-11-12-21(24-16-18)26-13-4-1-5-14-26/h2-3,8-9,11-12,15-16,23H,1,4-7,10,13-14H2,(H,25,27). The molecular formula is C22H26N4O. The number of benzene rings is 1. The molecule has 0 spiro atoms.